The smallest absolute Gasteiger partial charge is 0.234 e. The molecule has 0 aliphatic heterocycles. The maximum atomic E-state index is 11.4. The van der Waals surface area contributed by atoms with Gasteiger partial charge in [-0.2, -0.15) is 0 Å². The van der Waals surface area contributed by atoms with Gasteiger partial charge in [-0.3, -0.25) is 9.69 Å². The second-order valence-electron chi connectivity index (χ2n) is 3.41. The van der Waals surface area contributed by atoms with Crippen LogP contribution in [-0.4, -0.2) is 30.9 Å². The second-order valence-corrected chi connectivity index (χ2v) is 5.70. The van der Waals surface area contributed by atoms with Crippen LogP contribution in [0.4, 0.5) is 0 Å². The quantitative estimate of drug-likeness (QED) is 0.840. The zero-order valence-electron chi connectivity index (χ0n) is 9.00. The van der Waals surface area contributed by atoms with Gasteiger partial charge < -0.3 is 5.32 Å². The molecule has 0 saturated carbocycles. The standard InChI is InChI=1S/C11H13BrN2OS/c1-3-4-13-11(15)7-14(2)6-9-5-10(12)16-8-9/h1,5,8H,4,6-7H2,2H3,(H,13,15). The summed E-state index contributed by atoms with van der Waals surface area (Å²) in [6.07, 6.45) is 5.05. The molecule has 86 valence electrons. The number of likely N-dealkylation sites (N-methyl/N-ethyl adjacent to an activating group) is 1. The fraction of sp³-hybridized carbons (Fsp3) is 0.364. The van der Waals surface area contributed by atoms with Crippen molar-refractivity contribution in [2.75, 3.05) is 20.1 Å². The lowest BCUT2D eigenvalue weighted by Crippen LogP contribution is -2.34. The highest BCUT2D eigenvalue weighted by molar-refractivity contribution is 9.11. The maximum Gasteiger partial charge on any atom is 0.234 e. The first kappa shape index (κ1) is 13.2. The molecule has 1 rings (SSSR count). The molecule has 1 aromatic rings. The summed E-state index contributed by atoms with van der Waals surface area (Å²) in [7, 11) is 1.90. The monoisotopic (exact) mass is 300 g/mol. The van der Waals surface area contributed by atoms with Gasteiger partial charge in [0.25, 0.3) is 0 Å². The number of nitrogens with one attached hydrogen (secondary N) is 1. The van der Waals surface area contributed by atoms with Gasteiger partial charge >= 0.3 is 0 Å². The molecule has 3 nitrogen and oxygen atoms in total. The topological polar surface area (TPSA) is 32.3 Å². The van der Waals surface area contributed by atoms with Crippen molar-refractivity contribution in [3.63, 3.8) is 0 Å². The van der Waals surface area contributed by atoms with Gasteiger partial charge in [-0.05, 0) is 40.0 Å². The van der Waals surface area contributed by atoms with Gasteiger partial charge in [-0.1, -0.05) is 5.92 Å². The zero-order valence-corrected chi connectivity index (χ0v) is 11.4. The van der Waals surface area contributed by atoms with E-state index in [0.29, 0.717) is 6.54 Å². The third-order valence-electron chi connectivity index (χ3n) is 1.88. The van der Waals surface area contributed by atoms with Crippen molar-refractivity contribution in [1.82, 2.24) is 10.2 Å². The number of rotatable bonds is 5. The minimum Gasteiger partial charge on any atom is -0.344 e. The second kappa shape index (κ2) is 6.69. The van der Waals surface area contributed by atoms with E-state index in [1.54, 1.807) is 11.3 Å². The van der Waals surface area contributed by atoms with Gasteiger partial charge in [0.2, 0.25) is 5.91 Å². The van der Waals surface area contributed by atoms with Crippen molar-refractivity contribution in [3.8, 4) is 12.3 Å². The van der Waals surface area contributed by atoms with Crippen molar-refractivity contribution in [1.29, 1.82) is 0 Å². The molecule has 0 fully saturated rings. The number of carbonyl (C=O) groups is 1. The molecule has 16 heavy (non-hydrogen) atoms. The summed E-state index contributed by atoms with van der Waals surface area (Å²) in [4.78, 5) is 13.3. The predicted octanol–water partition coefficient (Wildman–Crippen LogP) is 1.69. The Morgan fingerprint density at radius 3 is 3.06 bits per heavy atom. The fourth-order valence-electron chi connectivity index (χ4n) is 1.25. The number of hydrogen-bond donors (Lipinski definition) is 1. The van der Waals surface area contributed by atoms with E-state index < -0.39 is 0 Å². The lowest BCUT2D eigenvalue weighted by atomic mass is 10.3. The van der Waals surface area contributed by atoms with E-state index in [4.69, 9.17) is 6.42 Å². The third kappa shape index (κ3) is 4.79. The van der Waals surface area contributed by atoms with Crippen LogP contribution < -0.4 is 5.32 Å². The van der Waals surface area contributed by atoms with E-state index in [2.05, 4.69) is 38.6 Å². The molecule has 0 atom stereocenters. The van der Waals surface area contributed by atoms with E-state index in [9.17, 15) is 4.79 Å². The highest BCUT2D eigenvalue weighted by Crippen LogP contribution is 2.21. The number of nitrogens with zero attached hydrogens (tertiary/aromatic N) is 1. The molecular formula is C11H13BrN2OS. The Morgan fingerprint density at radius 2 is 2.50 bits per heavy atom. The summed E-state index contributed by atoms with van der Waals surface area (Å²) in [6, 6.07) is 2.06. The van der Waals surface area contributed by atoms with E-state index in [-0.39, 0.29) is 12.5 Å². The molecule has 0 radical (unpaired) electrons. The Balaban J connectivity index is 2.33. The summed E-state index contributed by atoms with van der Waals surface area (Å²) in [5.74, 6) is 2.32. The molecule has 0 aliphatic carbocycles. The minimum atomic E-state index is -0.0465. The average molecular weight is 301 g/mol. The van der Waals surface area contributed by atoms with E-state index in [1.807, 2.05) is 11.9 Å². The van der Waals surface area contributed by atoms with Crippen LogP contribution in [0.25, 0.3) is 0 Å². The van der Waals surface area contributed by atoms with Crippen LogP contribution in [0.1, 0.15) is 5.56 Å². The summed E-state index contributed by atoms with van der Waals surface area (Å²) in [6.45, 7) is 1.40. The summed E-state index contributed by atoms with van der Waals surface area (Å²) < 4.78 is 1.10. The van der Waals surface area contributed by atoms with Gasteiger partial charge in [-0.15, -0.1) is 17.8 Å². The molecule has 0 saturated heterocycles. The lowest BCUT2D eigenvalue weighted by Gasteiger charge is -2.14. The summed E-state index contributed by atoms with van der Waals surface area (Å²) in [5.41, 5.74) is 1.20. The van der Waals surface area contributed by atoms with Crippen molar-refractivity contribution in [2.45, 2.75) is 6.54 Å². The van der Waals surface area contributed by atoms with Gasteiger partial charge in [0.1, 0.15) is 0 Å². The van der Waals surface area contributed by atoms with Crippen LogP contribution in [0.5, 0.6) is 0 Å². The van der Waals surface area contributed by atoms with Crippen LogP contribution in [0, 0.1) is 12.3 Å². The molecule has 5 heteroatoms. The van der Waals surface area contributed by atoms with Crippen LogP contribution in [-0.2, 0) is 11.3 Å². The van der Waals surface area contributed by atoms with Crippen molar-refractivity contribution in [2.24, 2.45) is 0 Å². The Hall–Kier alpha value is -0.830. The summed E-state index contributed by atoms with van der Waals surface area (Å²) >= 11 is 5.05. The van der Waals surface area contributed by atoms with Crippen LogP contribution in [0.15, 0.2) is 15.2 Å². The van der Waals surface area contributed by atoms with Crippen LogP contribution in [0.3, 0.4) is 0 Å². The van der Waals surface area contributed by atoms with Gasteiger partial charge in [0.15, 0.2) is 0 Å². The zero-order chi connectivity index (χ0) is 12.0. The number of terminal acetylenes is 1. The highest BCUT2D eigenvalue weighted by Gasteiger charge is 2.07. The molecule has 1 N–H and O–H groups in total. The minimum absolute atomic E-state index is 0.0465. The largest absolute Gasteiger partial charge is 0.344 e. The SMILES string of the molecule is C#CCNC(=O)CN(C)Cc1csc(Br)c1. The number of halogens is 1. The fourth-order valence-corrected chi connectivity index (χ4v) is 2.45. The van der Waals surface area contributed by atoms with Gasteiger partial charge in [0.05, 0.1) is 16.9 Å². The Bertz CT molecular complexity index is 397. The molecule has 0 aliphatic rings. The molecule has 0 bridgehead atoms. The van der Waals surface area contributed by atoms with Crippen LogP contribution >= 0.6 is 27.3 Å². The van der Waals surface area contributed by atoms with E-state index >= 15 is 0 Å². The number of carbonyl (C=O) groups excluding carboxylic acids is 1. The van der Waals surface area contributed by atoms with Gasteiger partial charge in [0, 0.05) is 6.54 Å². The highest BCUT2D eigenvalue weighted by atomic mass is 79.9. The number of hydrogen-bond acceptors (Lipinski definition) is 3. The number of thiophene rings is 1. The van der Waals surface area contributed by atoms with E-state index in [1.165, 1.54) is 5.56 Å². The number of amides is 1. The first-order valence-corrected chi connectivity index (χ1v) is 6.40. The molecular weight excluding hydrogens is 288 g/mol. The lowest BCUT2D eigenvalue weighted by molar-refractivity contribution is -0.121. The molecule has 1 aromatic heterocycles. The van der Waals surface area contributed by atoms with E-state index in [0.717, 1.165) is 10.3 Å². The molecule has 0 unspecified atom stereocenters. The Kier molecular flexibility index (Phi) is 5.53. The van der Waals surface area contributed by atoms with Crippen molar-refractivity contribution < 1.29 is 4.79 Å². The summed E-state index contributed by atoms with van der Waals surface area (Å²) in [5, 5.41) is 4.70. The van der Waals surface area contributed by atoms with Crippen LogP contribution in [0.2, 0.25) is 0 Å². The molecule has 1 heterocycles. The van der Waals surface area contributed by atoms with Crippen molar-refractivity contribution >= 4 is 33.2 Å². The van der Waals surface area contributed by atoms with Gasteiger partial charge in [-0.25, -0.2) is 0 Å². The molecule has 0 spiro atoms. The molecule has 0 aromatic carbocycles. The van der Waals surface area contributed by atoms with Crippen molar-refractivity contribution in [3.05, 3.63) is 20.8 Å². The first-order chi connectivity index (χ1) is 7.61. The normalized spacial score (nSPS) is 10.1. The average Bonchev–Trinajstić information content (AvgIpc) is 2.60. The maximum absolute atomic E-state index is 11.4. The predicted molar refractivity (Wildman–Crippen MR) is 70.2 cm³/mol. The Labute approximate surface area is 108 Å². The Morgan fingerprint density at radius 1 is 1.75 bits per heavy atom. The first-order valence-electron chi connectivity index (χ1n) is 4.73. The molecule has 1 amide bonds. The third-order valence-corrected chi connectivity index (χ3v) is 3.43.